The van der Waals surface area contributed by atoms with Gasteiger partial charge in [0.15, 0.2) is 0 Å². The Bertz CT molecular complexity index is 392. The predicted octanol–water partition coefficient (Wildman–Crippen LogP) is 8.00. The van der Waals surface area contributed by atoms with E-state index in [1.165, 1.54) is 103 Å². The molecule has 0 fully saturated rings. The molecule has 0 radical (unpaired) electrons. The molecular formula is C27H54N2O. The van der Waals surface area contributed by atoms with Crippen molar-refractivity contribution in [1.29, 1.82) is 0 Å². The summed E-state index contributed by atoms with van der Waals surface area (Å²) < 4.78 is 0. The third-order valence-corrected chi connectivity index (χ3v) is 6.00. The summed E-state index contributed by atoms with van der Waals surface area (Å²) >= 11 is 0. The van der Waals surface area contributed by atoms with Crippen LogP contribution in [-0.2, 0) is 4.79 Å². The summed E-state index contributed by atoms with van der Waals surface area (Å²) in [4.78, 5) is 14.0. The molecule has 0 aromatic rings. The molecule has 1 N–H and O–H groups in total. The highest BCUT2D eigenvalue weighted by Gasteiger charge is 2.11. The zero-order valence-electron chi connectivity index (χ0n) is 21.0. The van der Waals surface area contributed by atoms with Gasteiger partial charge in [0.2, 0.25) is 5.91 Å². The normalized spacial score (nSPS) is 12.7. The van der Waals surface area contributed by atoms with Crippen LogP contribution in [0.15, 0.2) is 12.2 Å². The smallest absolute Gasteiger partial charge is 0.221 e. The number of rotatable bonds is 22. The maximum atomic E-state index is 12.0. The van der Waals surface area contributed by atoms with E-state index < -0.39 is 0 Å². The van der Waals surface area contributed by atoms with Crippen molar-refractivity contribution in [2.24, 2.45) is 0 Å². The van der Waals surface area contributed by atoms with Crippen molar-refractivity contribution in [2.75, 3.05) is 14.1 Å². The number of carbonyl (C=O) groups excluding carboxylic acids is 1. The van der Waals surface area contributed by atoms with E-state index in [2.05, 4.69) is 36.2 Å². The molecule has 0 aliphatic carbocycles. The largest absolute Gasteiger partial charge is 0.341 e. The van der Waals surface area contributed by atoms with Gasteiger partial charge in [0.25, 0.3) is 0 Å². The molecule has 0 heterocycles. The van der Waals surface area contributed by atoms with Gasteiger partial charge >= 0.3 is 0 Å². The standard InChI is InChI=1S/C27H54N2O/c1-5-7-8-9-10-11-12-13-14-15-16-17-18-19-20-21-22-23-24-25-27(30)28-26(6-2)29(3)4/h13-14,26H,5-12,15-25H2,1-4H3,(H,28,30). The Hall–Kier alpha value is -0.830. The molecule has 1 amide bonds. The van der Waals surface area contributed by atoms with Crippen LogP contribution in [0.5, 0.6) is 0 Å². The molecule has 0 saturated carbocycles. The average Bonchev–Trinajstić information content (AvgIpc) is 2.73. The van der Waals surface area contributed by atoms with Gasteiger partial charge in [-0.15, -0.1) is 0 Å². The van der Waals surface area contributed by atoms with E-state index in [9.17, 15) is 4.79 Å². The minimum atomic E-state index is 0.174. The Labute approximate surface area is 189 Å². The second kappa shape index (κ2) is 22.8. The fourth-order valence-corrected chi connectivity index (χ4v) is 3.92. The van der Waals surface area contributed by atoms with Crippen molar-refractivity contribution >= 4 is 5.91 Å². The predicted molar refractivity (Wildman–Crippen MR) is 134 cm³/mol. The minimum Gasteiger partial charge on any atom is -0.341 e. The van der Waals surface area contributed by atoms with Crippen LogP contribution >= 0.6 is 0 Å². The highest BCUT2D eigenvalue weighted by Crippen LogP contribution is 2.12. The number of amides is 1. The highest BCUT2D eigenvalue weighted by molar-refractivity contribution is 5.76. The van der Waals surface area contributed by atoms with E-state index >= 15 is 0 Å². The summed E-state index contributed by atoms with van der Waals surface area (Å²) in [6, 6.07) is 0. The van der Waals surface area contributed by atoms with E-state index in [0.29, 0.717) is 6.42 Å². The monoisotopic (exact) mass is 422 g/mol. The molecule has 3 heteroatoms. The molecule has 0 saturated heterocycles. The van der Waals surface area contributed by atoms with Gasteiger partial charge in [0.05, 0.1) is 6.17 Å². The summed E-state index contributed by atoms with van der Waals surface area (Å²) in [5.74, 6) is 0.205. The fourth-order valence-electron chi connectivity index (χ4n) is 3.92. The molecule has 0 rings (SSSR count). The van der Waals surface area contributed by atoms with Crippen LogP contribution in [0.25, 0.3) is 0 Å². The topological polar surface area (TPSA) is 32.3 Å². The first-order valence-electron chi connectivity index (χ1n) is 13.2. The highest BCUT2D eigenvalue weighted by atomic mass is 16.1. The minimum absolute atomic E-state index is 0.174. The van der Waals surface area contributed by atoms with Crippen molar-refractivity contribution in [3.05, 3.63) is 12.2 Å². The first-order valence-corrected chi connectivity index (χ1v) is 13.2. The van der Waals surface area contributed by atoms with Crippen molar-refractivity contribution in [1.82, 2.24) is 10.2 Å². The average molecular weight is 423 g/mol. The van der Waals surface area contributed by atoms with Crippen LogP contribution in [0.1, 0.15) is 136 Å². The van der Waals surface area contributed by atoms with Gasteiger partial charge in [-0.1, -0.05) is 103 Å². The third-order valence-electron chi connectivity index (χ3n) is 6.00. The first kappa shape index (κ1) is 29.2. The van der Waals surface area contributed by atoms with E-state index in [4.69, 9.17) is 0 Å². The number of hydrogen-bond acceptors (Lipinski definition) is 2. The molecule has 178 valence electrons. The Morgan fingerprint density at radius 3 is 1.57 bits per heavy atom. The SMILES string of the molecule is CCCCCCCCC=CCCCCCCCCCCCC(=O)NC(CC)N(C)C. The van der Waals surface area contributed by atoms with E-state index in [1.807, 2.05) is 14.1 Å². The number of carbonyl (C=O) groups is 1. The first-order chi connectivity index (χ1) is 14.6. The van der Waals surface area contributed by atoms with E-state index in [-0.39, 0.29) is 12.1 Å². The molecule has 0 spiro atoms. The van der Waals surface area contributed by atoms with Gasteiger partial charge in [-0.3, -0.25) is 9.69 Å². The van der Waals surface area contributed by atoms with Gasteiger partial charge in [-0.2, -0.15) is 0 Å². The number of hydrogen-bond donors (Lipinski definition) is 1. The van der Waals surface area contributed by atoms with Crippen molar-refractivity contribution in [3.63, 3.8) is 0 Å². The molecule has 0 aromatic heterocycles. The van der Waals surface area contributed by atoms with Crippen LogP contribution in [0, 0.1) is 0 Å². The number of allylic oxidation sites excluding steroid dienone is 2. The molecule has 0 bridgehead atoms. The van der Waals surface area contributed by atoms with Crippen LogP contribution < -0.4 is 5.32 Å². The molecule has 0 aliphatic rings. The molecule has 1 unspecified atom stereocenters. The number of nitrogens with zero attached hydrogens (tertiary/aromatic N) is 1. The summed E-state index contributed by atoms with van der Waals surface area (Å²) in [5.41, 5.74) is 0. The summed E-state index contributed by atoms with van der Waals surface area (Å²) in [5, 5.41) is 3.11. The zero-order chi connectivity index (χ0) is 22.3. The van der Waals surface area contributed by atoms with E-state index in [0.717, 1.165) is 12.8 Å². The molecular weight excluding hydrogens is 368 g/mol. The number of nitrogens with one attached hydrogen (secondary N) is 1. The Morgan fingerprint density at radius 1 is 0.700 bits per heavy atom. The lowest BCUT2D eigenvalue weighted by molar-refractivity contribution is -0.123. The van der Waals surface area contributed by atoms with Crippen LogP contribution in [0.2, 0.25) is 0 Å². The molecule has 30 heavy (non-hydrogen) atoms. The lowest BCUT2D eigenvalue weighted by Gasteiger charge is -2.23. The summed E-state index contributed by atoms with van der Waals surface area (Å²) in [6.45, 7) is 4.39. The molecule has 0 aliphatic heterocycles. The second-order valence-corrected chi connectivity index (χ2v) is 9.20. The summed E-state index contributed by atoms with van der Waals surface area (Å²) in [6.07, 6.45) is 29.2. The zero-order valence-corrected chi connectivity index (χ0v) is 21.0. The Morgan fingerprint density at radius 2 is 1.13 bits per heavy atom. The lowest BCUT2D eigenvalue weighted by Crippen LogP contribution is -2.44. The Balaban J connectivity index is 3.28. The number of unbranched alkanes of at least 4 members (excludes halogenated alkanes) is 15. The van der Waals surface area contributed by atoms with Crippen molar-refractivity contribution < 1.29 is 4.79 Å². The maximum Gasteiger partial charge on any atom is 0.221 e. The fraction of sp³-hybridized carbons (Fsp3) is 0.889. The van der Waals surface area contributed by atoms with Gasteiger partial charge in [0.1, 0.15) is 0 Å². The van der Waals surface area contributed by atoms with Gasteiger partial charge in [0, 0.05) is 6.42 Å². The van der Waals surface area contributed by atoms with Crippen LogP contribution in [0.3, 0.4) is 0 Å². The third kappa shape index (κ3) is 20.4. The maximum absolute atomic E-state index is 12.0. The molecule has 3 nitrogen and oxygen atoms in total. The van der Waals surface area contributed by atoms with Crippen LogP contribution in [0.4, 0.5) is 0 Å². The quantitative estimate of drug-likeness (QED) is 0.109. The Kier molecular flexibility index (Phi) is 22.2. The van der Waals surface area contributed by atoms with Crippen molar-refractivity contribution in [2.45, 2.75) is 142 Å². The lowest BCUT2D eigenvalue weighted by atomic mass is 10.1. The van der Waals surface area contributed by atoms with Crippen LogP contribution in [-0.4, -0.2) is 31.1 Å². The van der Waals surface area contributed by atoms with Crippen molar-refractivity contribution in [3.8, 4) is 0 Å². The second-order valence-electron chi connectivity index (χ2n) is 9.20. The van der Waals surface area contributed by atoms with E-state index in [1.54, 1.807) is 0 Å². The molecule has 0 aromatic carbocycles. The van der Waals surface area contributed by atoms with Gasteiger partial charge in [-0.25, -0.2) is 0 Å². The van der Waals surface area contributed by atoms with Gasteiger partial charge in [-0.05, 0) is 52.6 Å². The van der Waals surface area contributed by atoms with Gasteiger partial charge < -0.3 is 5.32 Å². The molecule has 1 atom stereocenters. The summed E-state index contributed by atoms with van der Waals surface area (Å²) in [7, 11) is 4.03.